The molecule has 0 radical (unpaired) electrons. The number of fused-ring (bicyclic) bond motifs is 1. The van der Waals surface area contributed by atoms with Crippen molar-refractivity contribution in [1.29, 1.82) is 0 Å². The second kappa shape index (κ2) is 9.85. The van der Waals surface area contributed by atoms with E-state index in [1.165, 1.54) is 37.2 Å². The Kier molecular flexibility index (Phi) is 6.72. The molecule has 1 saturated heterocycles. The average Bonchev–Trinajstić information content (AvgIpc) is 2.87. The molecule has 4 rings (SSSR count). The van der Waals surface area contributed by atoms with Crippen LogP contribution >= 0.6 is 0 Å². The maximum atomic E-state index is 13.0. The van der Waals surface area contributed by atoms with E-state index in [2.05, 4.69) is 27.4 Å². The van der Waals surface area contributed by atoms with Gasteiger partial charge in [-0.25, -0.2) is 4.98 Å². The van der Waals surface area contributed by atoms with Gasteiger partial charge in [-0.3, -0.25) is 14.6 Å². The highest BCUT2D eigenvalue weighted by atomic mass is 16.5. The van der Waals surface area contributed by atoms with Crippen LogP contribution in [0.1, 0.15) is 41.9 Å². The molecule has 172 valence electrons. The number of nitrogens with one attached hydrogen (secondary N) is 1. The molecule has 2 aromatic heterocycles. The molecule has 0 spiro atoms. The monoisotopic (exact) mass is 448 g/mol. The molecule has 8 heteroatoms. The topological polar surface area (TPSA) is 93.6 Å². The van der Waals surface area contributed by atoms with Crippen molar-refractivity contribution in [3.63, 3.8) is 0 Å². The summed E-state index contributed by atoms with van der Waals surface area (Å²) in [5.41, 5.74) is 1.32. The third kappa shape index (κ3) is 4.74. The first kappa shape index (κ1) is 22.5. The summed E-state index contributed by atoms with van der Waals surface area (Å²) in [5.74, 6) is 0.576. The Bertz CT molecular complexity index is 1150. The number of methoxy groups -OCH3 is 1. The van der Waals surface area contributed by atoms with E-state index < -0.39 is 6.10 Å². The van der Waals surface area contributed by atoms with Gasteiger partial charge in [-0.1, -0.05) is 24.3 Å². The number of carbonyl (C=O) groups is 2. The molecule has 1 fully saturated rings. The minimum absolute atomic E-state index is 0.0863. The zero-order chi connectivity index (χ0) is 23.4. The lowest BCUT2D eigenvalue weighted by molar-refractivity contribution is -0.139. The second-order valence-corrected chi connectivity index (χ2v) is 8.08. The largest absolute Gasteiger partial charge is 0.493 e. The zero-order valence-electron chi connectivity index (χ0n) is 19.1. The number of amides is 2. The first-order valence-corrected chi connectivity index (χ1v) is 11.1. The lowest BCUT2D eigenvalue weighted by Crippen LogP contribution is -2.44. The van der Waals surface area contributed by atoms with Crippen molar-refractivity contribution in [2.75, 3.05) is 27.2 Å². The molecular weight excluding hydrogens is 420 g/mol. The summed E-state index contributed by atoms with van der Waals surface area (Å²) in [6.45, 7) is 3.01. The van der Waals surface area contributed by atoms with Crippen LogP contribution in [0.4, 0.5) is 0 Å². The summed E-state index contributed by atoms with van der Waals surface area (Å²) in [4.78, 5) is 35.4. The smallest absolute Gasteiger partial charge is 0.269 e. The van der Waals surface area contributed by atoms with Crippen LogP contribution in [0.15, 0.2) is 48.8 Å². The Morgan fingerprint density at radius 3 is 2.61 bits per heavy atom. The molecular formula is C25H28N4O4. The number of pyridine rings is 2. The van der Waals surface area contributed by atoms with Crippen molar-refractivity contribution in [3.8, 4) is 11.5 Å². The Hall–Kier alpha value is -3.68. The van der Waals surface area contributed by atoms with E-state index in [0.29, 0.717) is 30.5 Å². The van der Waals surface area contributed by atoms with Gasteiger partial charge in [0, 0.05) is 43.7 Å². The van der Waals surface area contributed by atoms with Crippen LogP contribution in [0.25, 0.3) is 10.8 Å². The highest BCUT2D eigenvalue weighted by Gasteiger charge is 2.29. The number of benzene rings is 1. The van der Waals surface area contributed by atoms with E-state index in [1.54, 1.807) is 6.92 Å². The summed E-state index contributed by atoms with van der Waals surface area (Å²) in [6.07, 6.45) is 4.27. The van der Waals surface area contributed by atoms with Crippen LogP contribution in [0, 0.1) is 0 Å². The second-order valence-electron chi connectivity index (χ2n) is 8.08. The predicted molar refractivity (Wildman–Crippen MR) is 125 cm³/mol. The molecule has 8 nitrogen and oxygen atoms in total. The summed E-state index contributed by atoms with van der Waals surface area (Å²) < 4.78 is 11.2. The molecule has 3 aromatic rings. The van der Waals surface area contributed by atoms with Crippen LogP contribution in [0.5, 0.6) is 11.5 Å². The van der Waals surface area contributed by atoms with Gasteiger partial charge >= 0.3 is 0 Å². The van der Waals surface area contributed by atoms with E-state index in [9.17, 15) is 9.59 Å². The van der Waals surface area contributed by atoms with Gasteiger partial charge in [-0.05, 0) is 31.2 Å². The number of hydrogen-bond acceptors (Lipinski definition) is 6. The molecule has 1 aromatic carbocycles. The van der Waals surface area contributed by atoms with Gasteiger partial charge in [0.15, 0.2) is 17.6 Å². The van der Waals surface area contributed by atoms with Gasteiger partial charge in [-0.15, -0.1) is 0 Å². The van der Waals surface area contributed by atoms with Gasteiger partial charge in [0.1, 0.15) is 5.69 Å². The number of hydrogen-bond donors (Lipinski definition) is 1. The molecule has 33 heavy (non-hydrogen) atoms. The van der Waals surface area contributed by atoms with E-state index in [1.807, 2.05) is 29.3 Å². The fourth-order valence-corrected chi connectivity index (χ4v) is 4.26. The van der Waals surface area contributed by atoms with Crippen molar-refractivity contribution in [2.45, 2.75) is 31.8 Å². The van der Waals surface area contributed by atoms with Gasteiger partial charge in [0.05, 0.1) is 19.0 Å². The Morgan fingerprint density at radius 1 is 1.12 bits per heavy atom. The maximum absolute atomic E-state index is 13.0. The fourth-order valence-electron chi connectivity index (χ4n) is 4.26. The van der Waals surface area contributed by atoms with Crippen LogP contribution in [0.2, 0.25) is 0 Å². The van der Waals surface area contributed by atoms with E-state index >= 15 is 0 Å². The van der Waals surface area contributed by atoms with Crippen LogP contribution < -0.4 is 14.8 Å². The lowest BCUT2D eigenvalue weighted by atomic mass is 9.90. The first-order chi connectivity index (χ1) is 16.0. The number of ether oxygens (including phenoxy) is 2. The van der Waals surface area contributed by atoms with Gasteiger partial charge in [0.2, 0.25) is 0 Å². The highest BCUT2D eigenvalue weighted by Crippen LogP contribution is 2.32. The predicted octanol–water partition coefficient (Wildman–Crippen LogP) is 3.17. The number of rotatable bonds is 6. The Balaban J connectivity index is 1.40. The molecule has 1 aliphatic rings. The first-order valence-electron chi connectivity index (χ1n) is 11.1. The average molecular weight is 449 g/mol. The van der Waals surface area contributed by atoms with E-state index in [0.717, 1.165) is 18.5 Å². The lowest BCUT2D eigenvalue weighted by Gasteiger charge is -2.33. The summed E-state index contributed by atoms with van der Waals surface area (Å²) in [6, 6.07) is 11.8. The molecule has 0 bridgehead atoms. The summed E-state index contributed by atoms with van der Waals surface area (Å²) >= 11 is 0. The number of carbonyl (C=O) groups excluding carboxylic acids is 2. The van der Waals surface area contributed by atoms with Crippen molar-refractivity contribution in [2.24, 2.45) is 0 Å². The third-order valence-electron chi connectivity index (χ3n) is 6.06. The minimum Gasteiger partial charge on any atom is -0.493 e. The Morgan fingerprint density at radius 2 is 1.88 bits per heavy atom. The normalized spacial score (nSPS) is 15.2. The fraction of sp³-hybridized carbons (Fsp3) is 0.360. The molecule has 1 atom stereocenters. The van der Waals surface area contributed by atoms with E-state index in [-0.39, 0.29) is 17.5 Å². The Labute approximate surface area is 192 Å². The molecule has 1 aliphatic heterocycles. The number of aromatic nitrogens is 2. The molecule has 2 amide bonds. The van der Waals surface area contributed by atoms with Crippen molar-refractivity contribution in [3.05, 3.63) is 60.2 Å². The van der Waals surface area contributed by atoms with Gasteiger partial charge in [0.25, 0.3) is 11.8 Å². The molecule has 1 N–H and O–H groups in total. The van der Waals surface area contributed by atoms with Gasteiger partial charge in [-0.2, -0.15) is 0 Å². The minimum atomic E-state index is -0.709. The van der Waals surface area contributed by atoms with E-state index in [4.69, 9.17) is 9.47 Å². The SMILES string of the molecule is CNC(=O)c1cc(OC)c(O[C@@H](C)C(=O)N2CCC(c3nccc4ccccc34)CC2)cn1. The van der Waals surface area contributed by atoms with Crippen LogP contribution in [-0.2, 0) is 4.79 Å². The number of likely N-dealkylation sites (tertiary alicyclic amines) is 1. The van der Waals surface area contributed by atoms with Crippen molar-refractivity contribution in [1.82, 2.24) is 20.2 Å². The molecule has 0 saturated carbocycles. The summed E-state index contributed by atoms with van der Waals surface area (Å²) in [7, 11) is 3.01. The number of nitrogens with zero attached hydrogens (tertiary/aromatic N) is 3. The van der Waals surface area contributed by atoms with Crippen molar-refractivity contribution >= 4 is 22.6 Å². The molecule has 0 aliphatic carbocycles. The number of piperidine rings is 1. The molecule has 3 heterocycles. The zero-order valence-corrected chi connectivity index (χ0v) is 19.1. The summed E-state index contributed by atoms with van der Waals surface area (Å²) in [5, 5.41) is 4.89. The maximum Gasteiger partial charge on any atom is 0.269 e. The third-order valence-corrected chi connectivity index (χ3v) is 6.06. The van der Waals surface area contributed by atoms with Crippen molar-refractivity contribution < 1.29 is 19.1 Å². The van der Waals surface area contributed by atoms with Gasteiger partial charge < -0.3 is 19.7 Å². The standard InChI is InChI=1S/C25H28N4O4/c1-16(33-22-15-28-20(24(30)26-2)14-21(22)32-3)25(31)29-12-9-18(10-13-29)23-19-7-5-4-6-17(19)8-11-27-23/h4-8,11,14-16,18H,9-10,12-13H2,1-3H3,(H,26,30)/t16-/m0/s1. The highest BCUT2D eigenvalue weighted by molar-refractivity contribution is 5.92. The quantitative estimate of drug-likeness (QED) is 0.623. The van der Waals surface area contributed by atoms with Crippen LogP contribution in [-0.4, -0.2) is 60.0 Å². The van der Waals surface area contributed by atoms with Crippen LogP contribution in [0.3, 0.4) is 0 Å². The molecule has 0 unspecified atom stereocenters.